The molecule has 36 heavy (non-hydrogen) atoms. The maximum absolute atomic E-state index is 14.1. The highest BCUT2D eigenvalue weighted by molar-refractivity contribution is 5.97. The van der Waals surface area contributed by atoms with Crippen molar-refractivity contribution in [3.63, 3.8) is 0 Å². The van der Waals surface area contributed by atoms with E-state index < -0.39 is 0 Å². The molecule has 0 spiro atoms. The highest BCUT2D eigenvalue weighted by Gasteiger charge is 2.17. The van der Waals surface area contributed by atoms with Gasteiger partial charge in [-0.2, -0.15) is 5.10 Å². The van der Waals surface area contributed by atoms with Gasteiger partial charge < -0.3 is 10.3 Å². The van der Waals surface area contributed by atoms with Crippen molar-refractivity contribution in [3.8, 4) is 33.9 Å². The second-order valence-electron chi connectivity index (χ2n) is 9.13. The van der Waals surface area contributed by atoms with Gasteiger partial charge in [-0.05, 0) is 56.2 Å². The smallest absolute Gasteiger partial charge is 0.159 e. The van der Waals surface area contributed by atoms with Crippen molar-refractivity contribution in [2.75, 3.05) is 5.32 Å². The van der Waals surface area contributed by atoms with Gasteiger partial charge in [-0.3, -0.25) is 20.1 Å². The Morgan fingerprint density at radius 1 is 0.889 bits per heavy atom. The van der Waals surface area contributed by atoms with Gasteiger partial charge >= 0.3 is 0 Å². The van der Waals surface area contributed by atoms with Crippen molar-refractivity contribution in [2.45, 2.75) is 26.8 Å². The number of aryl methyl sites for hydroxylation is 1. The number of rotatable bonds is 5. The van der Waals surface area contributed by atoms with Crippen LogP contribution in [0.5, 0.6) is 0 Å². The Kier molecular flexibility index (Phi) is 5.18. The summed E-state index contributed by atoms with van der Waals surface area (Å²) in [5, 5.41) is 11.8. The van der Waals surface area contributed by atoms with E-state index in [0.29, 0.717) is 23.1 Å². The van der Waals surface area contributed by atoms with Crippen molar-refractivity contribution >= 4 is 27.6 Å². The van der Waals surface area contributed by atoms with Gasteiger partial charge in [0.05, 0.1) is 40.3 Å². The number of nitrogens with one attached hydrogen (secondary N) is 3. The number of pyridine rings is 3. The number of hydrogen-bond donors (Lipinski definition) is 3. The molecule has 0 aliphatic rings. The zero-order valence-corrected chi connectivity index (χ0v) is 20.0. The second-order valence-corrected chi connectivity index (χ2v) is 9.13. The molecule has 6 aromatic rings. The van der Waals surface area contributed by atoms with E-state index in [9.17, 15) is 4.39 Å². The summed E-state index contributed by atoms with van der Waals surface area (Å²) >= 11 is 0. The van der Waals surface area contributed by atoms with Crippen LogP contribution < -0.4 is 5.32 Å². The molecule has 178 valence electrons. The largest absolute Gasteiger partial charge is 0.382 e. The molecule has 5 heterocycles. The minimum absolute atomic E-state index is 0.293. The zero-order chi connectivity index (χ0) is 24.8. The number of halogens is 1. The van der Waals surface area contributed by atoms with Crippen LogP contribution in [0.2, 0.25) is 0 Å². The number of benzene rings is 1. The Balaban J connectivity index is 1.45. The average Bonchev–Trinajstić information content (AvgIpc) is 3.46. The monoisotopic (exact) mass is 478 g/mol. The first-order valence-corrected chi connectivity index (χ1v) is 11.6. The van der Waals surface area contributed by atoms with E-state index in [-0.39, 0.29) is 5.82 Å². The van der Waals surface area contributed by atoms with Gasteiger partial charge in [0.1, 0.15) is 11.5 Å². The number of hydrogen-bond acceptors (Lipinski definition) is 6. The first-order valence-electron chi connectivity index (χ1n) is 11.6. The molecular weight excluding hydrogens is 455 g/mol. The molecule has 3 N–H and O–H groups in total. The number of aromatic nitrogens is 7. The number of imidazole rings is 1. The van der Waals surface area contributed by atoms with Crippen LogP contribution in [0.3, 0.4) is 0 Å². The van der Waals surface area contributed by atoms with Gasteiger partial charge in [-0.1, -0.05) is 6.07 Å². The number of nitrogens with zero attached hydrogens (tertiary/aromatic N) is 5. The summed E-state index contributed by atoms with van der Waals surface area (Å²) in [5.41, 5.74) is 7.81. The third-order valence-electron chi connectivity index (χ3n) is 5.91. The van der Waals surface area contributed by atoms with Crippen molar-refractivity contribution in [1.29, 1.82) is 0 Å². The lowest BCUT2D eigenvalue weighted by atomic mass is 10.0. The van der Waals surface area contributed by atoms with Crippen LogP contribution in [0.15, 0.2) is 61.3 Å². The number of H-pyrrole nitrogens is 2. The summed E-state index contributed by atoms with van der Waals surface area (Å²) in [6.45, 7) is 6.03. The van der Waals surface area contributed by atoms with Crippen LogP contribution in [0, 0.1) is 12.7 Å². The van der Waals surface area contributed by atoms with Crippen LogP contribution in [-0.4, -0.2) is 41.2 Å². The lowest BCUT2D eigenvalue weighted by Crippen LogP contribution is -2.09. The molecule has 0 saturated heterocycles. The fourth-order valence-corrected chi connectivity index (χ4v) is 4.40. The van der Waals surface area contributed by atoms with E-state index in [2.05, 4.69) is 49.3 Å². The molecule has 0 amide bonds. The standard InChI is InChI=1S/C27H23FN8/c1-14(2)32-19-7-17(9-29-10-19)22-8-20-23(13-31-22)35-36-26(20)27-33-24-12-30-11-21(25(24)34-27)16-4-15(3)5-18(28)6-16/h4-14,32H,1-3H3,(H,33,34)(H,35,36). The van der Waals surface area contributed by atoms with E-state index in [0.717, 1.165) is 50.1 Å². The van der Waals surface area contributed by atoms with E-state index in [1.165, 1.54) is 12.1 Å². The number of fused-ring (bicyclic) bond motifs is 2. The summed E-state index contributed by atoms with van der Waals surface area (Å²) in [5.74, 6) is 0.294. The molecule has 6 rings (SSSR count). The molecule has 0 radical (unpaired) electrons. The van der Waals surface area contributed by atoms with Gasteiger partial charge in [0.15, 0.2) is 5.82 Å². The number of anilines is 1. The highest BCUT2D eigenvalue weighted by atomic mass is 19.1. The highest BCUT2D eigenvalue weighted by Crippen LogP contribution is 2.32. The molecule has 8 nitrogen and oxygen atoms in total. The lowest BCUT2D eigenvalue weighted by Gasteiger charge is -2.10. The normalized spacial score (nSPS) is 11.6. The van der Waals surface area contributed by atoms with Crippen LogP contribution in [0.1, 0.15) is 19.4 Å². The molecule has 0 bridgehead atoms. The fourth-order valence-electron chi connectivity index (χ4n) is 4.40. The maximum atomic E-state index is 14.1. The average molecular weight is 479 g/mol. The van der Waals surface area contributed by atoms with E-state index in [4.69, 9.17) is 4.98 Å². The predicted molar refractivity (Wildman–Crippen MR) is 139 cm³/mol. The molecule has 0 fully saturated rings. The Morgan fingerprint density at radius 2 is 1.75 bits per heavy atom. The molecule has 0 aliphatic heterocycles. The van der Waals surface area contributed by atoms with Crippen LogP contribution in [0.25, 0.3) is 55.8 Å². The van der Waals surface area contributed by atoms with Crippen molar-refractivity contribution in [3.05, 3.63) is 72.7 Å². The quantitative estimate of drug-likeness (QED) is 0.285. The van der Waals surface area contributed by atoms with Crippen LogP contribution >= 0.6 is 0 Å². The molecule has 0 aliphatic carbocycles. The maximum Gasteiger partial charge on any atom is 0.159 e. The minimum Gasteiger partial charge on any atom is -0.382 e. The van der Waals surface area contributed by atoms with E-state index in [1.54, 1.807) is 31.0 Å². The SMILES string of the molecule is Cc1cc(F)cc(-c2cncc3[nH]c(-c4n[nH]c5cnc(-c6cncc(NC(C)C)c6)cc45)nc23)c1. The molecule has 9 heteroatoms. The van der Waals surface area contributed by atoms with Crippen molar-refractivity contribution in [1.82, 2.24) is 35.1 Å². The van der Waals surface area contributed by atoms with Gasteiger partial charge in [0.2, 0.25) is 0 Å². The summed E-state index contributed by atoms with van der Waals surface area (Å²) in [7, 11) is 0. The van der Waals surface area contributed by atoms with Gasteiger partial charge in [0.25, 0.3) is 0 Å². The van der Waals surface area contributed by atoms with E-state index >= 15 is 0 Å². The predicted octanol–water partition coefficient (Wildman–Crippen LogP) is 5.89. The molecule has 5 aromatic heterocycles. The summed E-state index contributed by atoms with van der Waals surface area (Å²) < 4.78 is 14.1. The van der Waals surface area contributed by atoms with Gasteiger partial charge in [-0.25, -0.2) is 9.37 Å². The molecular formula is C27H23FN8. The Morgan fingerprint density at radius 3 is 2.58 bits per heavy atom. The topological polar surface area (TPSA) is 108 Å². The third-order valence-corrected chi connectivity index (χ3v) is 5.91. The molecule has 0 unspecified atom stereocenters. The van der Waals surface area contributed by atoms with Gasteiger partial charge in [0, 0.05) is 41.1 Å². The molecule has 0 atom stereocenters. The summed E-state index contributed by atoms with van der Waals surface area (Å²) in [6, 6.07) is 9.22. The van der Waals surface area contributed by atoms with Crippen molar-refractivity contribution < 1.29 is 4.39 Å². The zero-order valence-electron chi connectivity index (χ0n) is 20.0. The fraction of sp³-hybridized carbons (Fsp3) is 0.148. The summed E-state index contributed by atoms with van der Waals surface area (Å²) in [6.07, 6.45) is 8.76. The third kappa shape index (κ3) is 3.94. The summed E-state index contributed by atoms with van der Waals surface area (Å²) in [4.78, 5) is 21.5. The van der Waals surface area contributed by atoms with Crippen LogP contribution in [0.4, 0.5) is 10.1 Å². The Bertz CT molecular complexity index is 1710. The lowest BCUT2D eigenvalue weighted by molar-refractivity contribution is 0.627. The van der Waals surface area contributed by atoms with Gasteiger partial charge in [-0.15, -0.1) is 0 Å². The van der Waals surface area contributed by atoms with Crippen LogP contribution in [-0.2, 0) is 0 Å². The first-order chi connectivity index (χ1) is 17.4. The number of aromatic amines is 2. The molecule has 1 aromatic carbocycles. The van der Waals surface area contributed by atoms with E-state index in [1.807, 2.05) is 25.1 Å². The second kappa shape index (κ2) is 8.53. The Labute approximate surface area is 206 Å². The Hall–Kier alpha value is -4.66. The molecule has 0 saturated carbocycles. The minimum atomic E-state index is -0.293. The first kappa shape index (κ1) is 21.8. The van der Waals surface area contributed by atoms with Crippen molar-refractivity contribution in [2.24, 2.45) is 0 Å².